The van der Waals surface area contributed by atoms with Crippen LogP contribution >= 0.6 is 0 Å². The normalized spacial score (nSPS) is 16.3. The molecule has 1 saturated heterocycles. The molecule has 0 aliphatic carbocycles. The molecular formula is C19H31N3O. The highest BCUT2D eigenvalue weighted by molar-refractivity contribution is 5.94. The molecule has 1 aromatic carbocycles. The van der Waals surface area contributed by atoms with Crippen LogP contribution in [0.3, 0.4) is 0 Å². The molecule has 128 valence electrons. The molecule has 0 aromatic heterocycles. The lowest BCUT2D eigenvalue weighted by Crippen LogP contribution is -2.39. The SMILES string of the molecule is CCN(CC)c1ccc(C(=O)NCCN2CCC(C)CC2)cc1. The Morgan fingerprint density at radius 2 is 1.78 bits per heavy atom. The van der Waals surface area contributed by atoms with E-state index in [1.165, 1.54) is 18.5 Å². The number of hydrogen-bond donors (Lipinski definition) is 1. The Morgan fingerprint density at radius 3 is 2.35 bits per heavy atom. The second-order valence-corrected chi connectivity index (χ2v) is 6.50. The van der Waals surface area contributed by atoms with Crippen LogP contribution < -0.4 is 10.2 Å². The number of hydrogen-bond acceptors (Lipinski definition) is 3. The molecule has 1 heterocycles. The third-order valence-electron chi connectivity index (χ3n) is 4.85. The maximum atomic E-state index is 12.2. The topological polar surface area (TPSA) is 35.6 Å². The van der Waals surface area contributed by atoms with Crippen molar-refractivity contribution < 1.29 is 4.79 Å². The summed E-state index contributed by atoms with van der Waals surface area (Å²) in [5.74, 6) is 0.881. The van der Waals surface area contributed by atoms with Gasteiger partial charge in [-0.05, 0) is 70.0 Å². The second-order valence-electron chi connectivity index (χ2n) is 6.50. The molecule has 0 saturated carbocycles. The Hall–Kier alpha value is -1.55. The van der Waals surface area contributed by atoms with Crippen LogP contribution in [0.15, 0.2) is 24.3 Å². The zero-order valence-electron chi connectivity index (χ0n) is 14.8. The van der Waals surface area contributed by atoms with Gasteiger partial charge in [-0.15, -0.1) is 0 Å². The van der Waals surface area contributed by atoms with Crippen LogP contribution in [0.2, 0.25) is 0 Å². The zero-order valence-corrected chi connectivity index (χ0v) is 14.8. The van der Waals surface area contributed by atoms with Crippen LogP contribution in [-0.2, 0) is 0 Å². The zero-order chi connectivity index (χ0) is 16.7. The van der Waals surface area contributed by atoms with E-state index >= 15 is 0 Å². The molecule has 1 aromatic rings. The summed E-state index contributed by atoms with van der Waals surface area (Å²) in [5, 5.41) is 3.04. The van der Waals surface area contributed by atoms with E-state index < -0.39 is 0 Å². The molecule has 2 rings (SSSR count). The highest BCUT2D eigenvalue weighted by Crippen LogP contribution is 2.16. The fraction of sp³-hybridized carbons (Fsp3) is 0.632. The van der Waals surface area contributed by atoms with E-state index in [1.807, 2.05) is 24.3 Å². The molecule has 0 atom stereocenters. The summed E-state index contributed by atoms with van der Waals surface area (Å²) in [5.41, 5.74) is 1.92. The first-order valence-corrected chi connectivity index (χ1v) is 8.99. The van der Waals surface area contributed by atoms with Crippen molar-refractivity contribution in [1.29, 1.82) is 0 Å². The van der Waals surface area contributed by atoms with Gasteiger partial charge in [0.1, 0.15) is 0 Å². The first-order chi connectivity index (χ1) is 11.1. The number of anilines is 1. The Morgan fingerprint density at radius 1 is 1.17 bits per heavy atom. The van der Waals surface area contributed by atoms with Gasteiger partial charge in [-0.3, -0.25) is 4.79 Å². The number of amides is 1. The third-order valence-corrected chi connectivity index (χ3v) is 4.85. The molecule has 1 aliphatic rings. The number of benzene rings is 1. The van der Waals surface area contributed by atoms with E-state index in [-0.39, 0.29) is 5.91 Å². The molecule has 23 heavy (non-hydrogen) atoms. The first-order valence-electron chi connectivity index (χ1n) is 8.99. The molecular weight excluding hydrogens is 286 g/mol. The summed E-state index contributed by atoms with van der Waals surface area (Å²) in [4.78, 5) is 16.9. The van der Waals surface area contributed by atoms with Gasteiger partial charge in [0.05, 0.1) is 0 Å². The highest BCUT2D eigenvalue weighted by Gasteiger charge is 2.15. The van der Waals surface area contributed by atoms with E-state index in [2.05, 4.69) is 35.9 Å². The molecule has 0 unspecified atom stereocenters. The van der Waals surface area contributed by atoms with Crippen molar-refractivity contribution in [1.82, 2.24) is 10.2 Å². The Balaban J connectivity index is 1.77. The van der Waals surface area contributed by atoms with E-state index in [0.29, 0.717) is 0 Å². The third kappa shape index (κ3) is 5.24. The fourth-order valence-corrected chi connectivity index (χ4v) is 3.13. The monoisotopic (exact) mass is 317 g/mol. The molecule has 0 spiro atoms. The largest absolute Gasteiger partial charge is 0.372 e. The van der Waals surface area contributed by atoms with Crippen molar-refractivity contribution in [3.8, 4) is 0 Å². The average molecular weight is 317 g/mol. The Kier molecular flexibility index (Phi) is 6.90. The molecule has 4 heteroatoms. The van der Waals surface area contributed by atoms with Crippen LogP contribution in [0.25, 0.3) is 0 Å². The fourth-order valence-electron chi connectivity index (χ4n) is 3.13. The number of carbonyl (C=O) groups is 1. The number of carbonyl (C=O) groups excluding carboxylic acids is 1. The summed E-state index contributed by atoms with van der Waals surface area (Å²) in [7, 11) is 0. The maximum absolute atomic E-state index is 12.2. The quantitative estimate of drug-likeness (QED) is 0.840. The summed E-state index contributed by atoms with van der Waals surface area (Å²) < 4.78 is 0. The van der Waals surface area contributed by atoms with Crippen molar-refractivity contribution in [3.05, 3.63) is 29.8 Å². The van der Waals surface area contributed by atoms with Gasteiger partial charge < -0.3 is 15.1 Å². The van der Waals surface area contributed by atoms with Gasteiger partial charge in [-0.25, -0.2) is 0 Å². The smallest absolute Gasteiger partial charge is 0.251 e. The number of likely N-dealkylation sites (tertiary alicyclic amines) is 1. The van der Waals surface area contributed by atoms with Gasteiger partial charge in [0.2, 0.25) is 0 Å². The lowest BCUT2D eigenvalue weighted by Gasteiger charge is -2.30. The predicted molar refractivity (Wildman–Crippen MR) is 97.2 cm³/mol. The molecule has 0 radical (unpaired) electrons. The summed E-state index contributed by atoms with van der Waals surface area (Å²) in [6, 6.07) is 7.92. The van der Waals surface area contributed by atoms with Crippen molar-refractivity contribution in [2.24, 2.45) is 5.92 Å². The minimum absolute atomic E-state index is 0.0291. The van der Waals surface area contributed by atoms with Crippen molar-refractivity contribution in [2.75, 3.05) is 44.2 Å². The van der Waals surface area contributed by atoms with Crippen LogP contribution in [0.5, 0.6) is 0 Å². The number of nitrogens with zero attached hydrogens (tertiary/aromatic N) is 2. The Labute approximate surface area is 140 Å². The van der Waals surface area contributed by atoms with Crippen LogP contribution in [0, 0.1) is 5.92 Å². The van der Waals surface area contributed by atoms with E-state index in [9.17, 15) is 4.79 Å². The average Bonchev–Trinajstić information content (AvgIpc) is 2.58. The van der Waals surface area contributed by atoms with E-state index in [4.69, 9.17) is 0 Å². The molecule has 4 nitrogen and oxygen atoms in total. The van der Waals surface area contributed by atoms with Crippen LogP contribution in [0.4, 0.5) is 5.69 Å². The van der Waals surface area contributed by atoms with Crippen molar-refractivity contribution in [2.45, 2.75) is 33.6 Å². The number of nitrogens with one attached hydrogen (secondary N) is 1. The molecule has 0 bridgehead atoms. The lowest BCUT2D eigenvalue weighted by atomic mass is 9.99. The summed E-state index contributed by atoms with van der Waals surface area (Å²) in [6.07, 6.45) is 2.56. The van der Waals surface area contributed by atoms with E-state index in [0.717, 1.165) is 50.7 Å². The Bertz CT molecular complexity index is 474. The van der Waals surface area contributed by atoms with Gasteiger partial charge in [0.15, 0.2) is 0 Å². The van der Waals surface area contributed by atoms with Crippen LogP contribution in [-0.4, -0.2) is 50.1 Å². The first kappa shape index (κ1) is 17.8. The highest BCUT2D eigenvalue weighted by atomic mass is 16.1. The summed E-state index contributed by atoms with van der Waals surface area (Å²) in [6.45, 7) is 12.6. The van der Waals surface area contributed by atoms with Gasteiger partial charge in [-0.1, -0.05) is 6.92 Å². The van der Waals surface area contributed by atoms with Gasteiger partial charge >= 0.3 is 0 Å². The predicted octanol–water partition coefficient (Wildman–Crippen LogP) is 2.99. The molecule has 1 N–H and O–H groups in total. The van der Waals surface area contributed by atoms with Gasteiger partial charge in [-0.2, -0.15) is 0 Å². The minimum atomic E-state index is 0.0291. The maximum Gasteiger partial charge on any atom is 0.251 e. The van der Waals surface area contributed by atoms with Gasteiger partial charge in [0, 0.05) is 37.4 Å². The van der Waals surface area contributed by atoms with Crippen molar-refractivity contribution >= 4 is 11.6 Å². The molecule has 1 amide bonds. The second kappa shape index (κ2) is 8.92. The summed E-state index contributed by atoms with van der Waals surface area (Å²) >= 11 is 0. The van der Waals surface area contributed by atoms with Crippen molar-refractivity contribution in [3.63, 3.8) is 0 Å². The van der Waals surface area contributed by atoms with Gasteiger partial charge in [0.25, 0.3) is 5.91 Å². The minimum Gasteiger partial charge on any atom is -0.372 e. The number of piperidine rings is 1. The standard InChI is InChI=1S/C19H31N3O/c1-4-22(5-2)18-8-6-17(7-9-18)19(23)20-12-15-21-13-10-16(3)11-14-21/h6-9,16H,4-5,10-15H2,1-3H3,(H,20,23). The number of rotatable bonds is 7. The lowest BCUT2D eigenvalue weighted by molar-refractivity contribution is 0.0944. The molecule has 1 fully saturated rings. The molecule has 1 aliphatic heterocycles. The van der Waals surface area contributed by atoms with Crippen LogP contribution in [0.1, 0.15) is 44.0 Å². The van der Waals surface area contributed by atoms with E-state index in [1.54, 1.807) is 0 Å².